The molecule has 0 heterocycles. The van der Waals surface area contributed by atoms with Crippen molar-refractivity contribution >= 4 is 8.80 Å². The molecule has 0 saturated carbocycles. The Hall–Kier alpha value is -0.0631. The van der Waals surface area contributed by atoms with E-state index in [1.165, 1.54) is 0 Å². The van der Waals surface area contributed by atoms with Crippen LogP contribution in [0, 0.1) is 0 Å². The minimum absolute atomic E-state index is 0.482. The number of unbranched alkanes of at least 4 members (excludes halogenated alkanes) is 3. The van der Waals surface area contributed by atoms with Crippen molar-refractivity contribution in [2.45, 2.75) is 71.0 Å². The van der Waals surface area contributed by atoms with Gasteiger partial charge < -0.3 is 32.2 Å². The molecule has 0 aliphatic rings. The average molecular weight is 397 g/mol. The zero-order chi connectivity index (χ0) is 19.9. The van der Waals surface area contributed by atoms with Gasteiger partial charge in [-0.2, -0.15) is 0 Å². The van der Waals surface area contributed by atoms with Crippen molar-refractivity contribution in [2.24, 2.45) is 0 Å². The van der Waals surface area contributed by atoms with E-state index in [-0.39, 0.29) is 0 Å². The van der Waals surface area contributed by atoms with E-state index in [1.807, 2.05) is 0 Å². The molecule has 0 fully saturated rings. The average Bonchev–Trinajstić information content (AvgIpc) is 2.66. The van der Waals surface area contributed by atoms with Crippen molar-refractivity contribution in [3.05, 3.63) is 0 Å². The molecule has 1 unspecified atom stereocenters. The molecular formula is C18H40O7Si. The standard InChI is InChI=1S/C18H40O7Si/c1-8-11-14-23-18(24-15-12-9-2,25-16-13-10-3)17(19-4)26(20-5,21-6)22-7/h17H,8-16H2,1-7H3. The van der Waals surface area contributed by atoms with Gasteiger partial charge in [0.15, 0.2) is 0 Å². The lowest BCUT2D eigenvalue weighted by molar-refractivity contribution is -0.409. The molecule has 26 heavy (non-hydrogen) atoms. The molecule has 0 spiro atoms. The summed E-state index contributed by atoms with van der Waals surface area (Å²) in [7, 11) is 2.93. The zero-order valence-electron chi connectivity index (χ0n) is 17.8. The largest absolute Gasteiger partial charge is 0.539 e. The summed E-state index contributed by atoms with van der Waals surface area (Å²) in [6, 6.07) is 0. The summed E-state index contributed by atoms with van der Waals surface area (Å²) < 4.78 is 41.1. The maximum absolute atomic E-state index is 6.15. The summed E-state index contributed by atoms with van der Waals surface area (Å²) in [4.78, 5) is 0. The van der Waals surface area contributed by atoms with Gasteiger partial charge in [-0.1, -0.05) is 40.0 Å². The van der Waals surface area contributed by atoms with Gasteiger partial charge in [-0.15, -0.1) is 0 Å². The first-order valence-corrected chi connectivity index (χ1v) is 11.5. The Balaban J connectivity index is 5.77. The molecule has 0 aliphatic heterocycles. The van der Waals surface area contributed by atoms with Crippen LogP contribution in [0.4, 0.5) is 0 Å². The van der Waals surface area contributed by atoms with Crippen LogP contribution in [0.15, 0.2) is 0 Å². The van der Waals surface area contributed by atoms with E-state index in [9.17, 15) is 0 Å². The third kappa shape index (κ3) is 7.51. The van der Waals surface area contributed by atoms with Crippen molar-refractivity contribution in [3.8, 4) is 0 Å². The van der Waals surface area contributed by atoms with E-state index in [4.69, 9.17) is 32.2 Å². The second kappa shape index (κ2) is 14.9. The van der Waals surface area contributed by atoms with E-state index in [0.717, 1.165) is 38.5 Å². The molecule has 8 heteroatoms. The molecule has 0 aliphatic carbocycles. The Morgan fingerprint density at radius 1 is 0.654 bits per heavy atom. The fourth-order valence-electron chi connectivity index (χ4n) is 2.50. The quantitative estimate of drug-likeness (QED) is 0.199. The molecule has 0 amide bonds. The molecule has 0 saturated heterocycles. The van der Waals surface area contributed by atoms with Crippen LogP contribution in [0.2, 0.25) is 0 Å². The second-order valence-corrected chi connectivity index (χ2v) is 9.00. The van der Waals surface area contributed by atoms with E-state index >= 15 is 0 Å². The van der Waals surface area contributed by atoms with E-state index in [0.29, 0.717) is 19.8 Å². The highest BCUT2D eigenvalue weighted by Crippen LogP contribution is 2.32. The molecule has 0 radical (unpaired) electrons. The summed E-state index contributed by atoms with van der Waals surface area (Å²) in [6.07, 6.45) is 5.65. The lowest BCUT2D eigenvalue weighted by atomic mass is 10.3. The van der Waals surface area contributed by atoms with Crippen LogP contribution < -0.4 is 0 Å². The van der Waals surface area contributed by atoms with E-state index in [2.05, 4.69) is 20.8 Å². The van der Waals surface area contributed by atoms with Gasteiger partial charge in [0.1, 0.15) is 0 Å². The first kappa shape index (κ1) is 25.9. The molecule has 0 N–H and O–H groups in total. The predicted octanol–water partition coefficient (Wildman–Crippen LogP) is 3.52. The van der Waals surface area contributed by atoms with Crippen LogP contribution in [0.25, 0.3) is 0 Å². The fraction of sp³-hybridized carbons (Fsp3) is 1.00. The first-order chi connectivity index (χ1) is 12.6. The molecule has 0 rings (SSSR count). The Kier molecular flexibility index (Phi) is 14.9. The Morgan fingerprint density at radius 3 is 1.23 bits per heavy atom. The molecular weight excluding hydrogens is 356 g/mol. The molecule has 7 nitrogen and oxygen atoms in total. The maximum atomic E-state index is 6.15. The Labute approximate surface area is 160 Å². The highest BCUT2D eigenvalue weighted by molar-refractivity contribution is 6.62. The zero-order valence-corrected chi connectivity index (χ0v) is 18.8. The van der Waals surface area contributed by atoms with Gasteiger partial charge in [-0.25, -0.2) is 0 Å². The van der Waals surface area contributed by atoms with Gasteiger partial charge in [-0.3, -0.25) is 0 Å². The topological polar surface area (TPSA) is 64.6 Å². The van der Waals surface area contributed by atoms with Crippen LogP contribution in [0.5, 0.6) is 0 Å². The predicted molar refractivity (Wildman–Crippen MR) is 103 cm³/mol. The SMILES string of the molecule is CCCCOC(OCCCC)(OCCCC)C(OC)[Si](OC)(OC)OC. The lowest BCUT2D eigenvalue weighted by Crippen LogP contribution is -2.67. The van der Waals surface area contributed by atoms with Crippen LogP contribution in [0.1, 0.15) is 59.3 Å². The molecule has 0 aromatic carbocycles. The maximum Gasteiger partial charge on any atom is 0.539 e. The highest BCUT2D eigenvalue weighted by atomic mass is 28.4. The molecule has 0 aromatic rings. The third-order valence-electron chi connectivity index (χ3n) is 4.13. The lowest BCUT2D eigenvalue weighted by Gasteiger charge is -2.43. The number of rotatable bonds is 18. The van der Waals surface area contributed by atoms with Gasteiger partial charge in [0.25, 0.3) is 0 Å². The van der Waals surface area contributed by atoms with Gasteiger partial charge >= 0.3 is 14.8 Å². The Morgan fingerprint density at radius 2 is 1.00 bits per heavy atom. The van der Waals surface area contributed by atoms with Crippen LogP contribution in [-0.2, 0) is 32.2 Å². The van der Waals surface area contributed by atoms with Crippen LogP contribution >= 0.6 is 0 Å². The number of hydrogen-bond donors (Lipinski definition) is 0. The number of ether oxygens (including phenoxy) is 4. The van der Waals surface area contributed by atoms with E-state index in [1.54, 1.807) is 28.4 Å². The van der Waals surface area contributed by atoms with Crippen LogP contribution in [-0.4, -0.2) is 68.8 Å². The van der Waals surface area contributed by atoms with Crippen molar-refractivity contribution in [1.29, 1.82) is 0 Å². The van der Waals surface area contributed by atoms with Gasteiger partial charge in [-0.05, 0) is 19.3 Å². The monoisotopic (exact) mass is 396 g/mol. The van der Waals surface area contributed by atoms with Crippen LogP contribution in [0.3, 0.4) is 0 Å². The highest BCUT2D eigenvalue weighted by Gasteiger charge is 2.62. The normalized spacial score (nSPS) is 14.0. The molecule has 158 valence electrons. The minimum atomic E-state index is -3.26. The van der Waals surface area contributed by atoms with Gasteiger partial charge in [0.2, 0.25) is 5.73 Å². The smallest absolute Gasteiger partial charge is 0.375 e. The van der Waals surface area contributed by atoms with Crippen molar-refractivity contribution in [2.75, 3.05) is 48.3 Å². The van der Waals surface area contributed by atoms with Gasteiger partial charge in [0.05, 0.1) is 19.8 Å². The summed E-state index contributed by atoms with van der Waals surface area (Å²) in [5, 5.41) is 0. The summed E-state index contributed by atoms with van der Waals surface area (Å²) in [6.45, 7) is 7.76. The first-order valence-electron chi connectivity index (χ1n) is 9.66. The van der Waals surface area contributed by atoms with Crippen molar-refractivity contribution in [3.63, 3.8) is 0 Å². The molecule has 0 bridgehead atoms. The number of hydrogen-bond acceptors (Lipinski definition) is 7. The minimum Gasteiger partial charge on any atom is -0.375 e. The third-order valence-corrected chi connectivity index (χ3v) is 7.07. The van der Waals surface area contributed by atoms with Crippen molar-refractivity contribution < 1.29 is 32.2 Å². The summed E-state index contributed by atoms with van der Waals surface area (Å²) in [5.41, 5.74) is -0.777. The summed E-state index contributed by atoms with van der Waals surface area (Å²) >= 11 is 0. The summed E-state index contributed by atoms with van der Waals surface area (Å²) in [5.74, 6) is -1.43. The molecule has 0 aromatic heterocycles. The Bertz CT molecular complexity index is 292. The van der Waals surface area contributed by atoms with E-state index < -0.39 is 20.5 Å². The second-order valence-electron chi connectivity index (χ2n) is 6.04. The van der Waals surface area contributed by atoms with Crippen molar-refractivity contribution in [1.82, 2.24) is 0 Å². The molecule has 1 atom stereocenters. The fourth-order valence-corrected chi connectivity index (χ4v) is 4.62. The number of methoxy groups -OCH3 is 1. The van der Waals surface area contributed by atoms with Gasteiger partial charge in [0, 0.05) is 28.4 Å².